The van der Waals surface area contributed by atoms with Gasteiger partial charge in [0, 0.05) is 50.7 Å². The first kappa shape index (κ1) is 37.2. The van der Waals surface area contributed by atoms with E-state index in [4.69, 9.17) is 9.84 Å². The Balaban J connectivity index is 0.951. The summed E-state index contributed by atoms with van der Waals surface area (Å²) >= 11 is 0. The van der Waals surface area contributed by atoms with Crippen molar-refractivity contribution in [2.24, 2.45) is 0 Å². The van der Waals surface area contributed by atoms with E-state index in [-0.39, 0.29) is 10.8 Å². The highest BCUT2D eigenvalue weighted by Crippen LogP contribution is 2.55. The number of nitrogens with zero attached hydrogens (tertiary/aromatic N) is 4. The number of hydrogen-bond donors (Lipinski definition) is 0. The minimum absolute atomic E-state index is 0.128. The summed E-state index contributed by atoms with van der Waals surface area (Å²) < 4.78 is 8.99. The van der Waals surface area contributed by atoms with Gasteiger partial charge in [0.25, 0.3) is 0 Å². The smallest absolute Gasteiger partial charge is 0.129 e. The van der Waals surface area contributed by atoms with Crippen LogP contribution >= 0.6 is 0 Å². The average Bonchev–Trinajstić information content (AvgIpc) is 3.96. The first-order chi connectivity index (χ1) is 30.8. The highest BCUT2D eigenvalue weighted by atomic mass is 16.5. The Bertz CT molecular complexity index is 3350. The average molecular weight is 815 g/mol. The van der Waals surface area contributed by atoms with Crippen LogP contribution in [0.4, 0.5) is 22.7 Å². The zero-order valence-corrected chi connectivity index (χ0v) is 35.9. The summed E-state index contributed by atoms with van der Waals surface area (Å²) in [6, 6.07) is 67.4. The van der Waals surface area contributed by atoms with Gasteiger partial charge in [0.05, 0.1) is 34.3 Å². The molecule has 0 spiro atoms. The Morgan fingerprint density at radius 1 is 0.476 bits per heavy atom. The van der Waals surface area contributed by atoms with E-state index in [1.54, 1.807) is 0 Å². The SMILES string of the molecule is CC1(C)c2cc(-c3ccccc3)cc3c4ccc(Oc5cccc(N6CN(c7c(-c8ccccc8)cccc7-c7ccccc7)c7ccccc76)c5)cc4n4ncc(c4c23)C1(C)C. The standard InChI is InChI=1S/C58H46N4O/c1-57(2)49-33-41(38-18-8-5-9-19-38)32-48-47-31-30-44(35-53(47)62-56(54(48)49)50(36-59-62)58(57,3)4)63-43-25-16-24-42(34-43)60-37-61(52-29-15-14-28-51(52)60)55-45(39-20-10-6-11-21-39)26-17-27-46(55)40-22-12-7-13-23-40/h5-36H,37H2,1-4H3. The van der Waals surface area contributed by atoms with Gasteiger partial charge >= 0.3 is 0 Å². The summed E-state index contributed by atoms with van der Waals surface area (Å²) in [5, 5.41) is 8.81. The van der Waals surface area contributed by atoms with Gasteiger partial charge in [-0.25, -0.2) is 4.52 Å². The van der Waals surface area contributed by atoms with E-state index in [1.807, 2.05) is 0 Å². The molecule has 0 N–H and O–H groups in total. The van der Waals surface area contributed by atoms with Crippen LogP contribution in [0.3, 0.4) is 0 Å². The lowest BCUT2D eigenvalue weighted by Gasteiger charge is -2.45. The van der Waals surface area contributed by atoms with Crippen LogP contribution in [0.1, 0.15) is 38.8 Å². The van der Waals surface area contributed by atoms with Gasteiger partial charge in [0.2, 0.25) is 0 Å². The van der Waals surface area contributed by atoms with E-state index < -0.39 is 0 Å². The zero-order chi connectivity index (χ0) is 42.5. The van der Waals surface area contributed by atoms with Gasteiger partial charge in [-0.3, -0.25) is 0 Å². The number of pyridine rings is 1. The lowest BCUT2D eigenvalue weighted by Crippen LogP contribution is -2.42. The fourth-order valence-corrected chi connectivity index (χ4v) is 10.3. The van der Waals surface area contributed by atoms with Crippen LogP contribution in [0.5, 0.6) is 11.5 Å². The number of benzene rings is 8. The maximum absolute atomic E-state index is 6.83. The first-order valence-corrected chi connectivity index (χ1v) is 21.9. The first-order valence-electron chi connectivity index (χ1n) is 21.9. The third kappa shape index (κ3) is 5.66. The summed E-state index contributed by atoms with van der Waals surface area (Å²) in [5.74, 6) is 1.54. The molecule has 0 saturated heterocycles. The van der Waals surface area contributed by atoms with E-state index in [0.717, 1.165) is 39.5 Å². The molecule has 3 heterocycles. The molecule has 1 aliphatic carbocycles. The Hall–Kier alpha value is -7.63. The highest BCUT2D eigenvalue weighted by molar-refractivity contribution is 6.17. The lowest BCUT2D eigenvalue weighted by molar-refractivity contribution is 0.304. The Morgan fingerprint density at radius 3 is 1.75 bits per heavy atom. The number of rotatable bonds is 7. The van der Waals surface area contributed by atoms with Crippen molar-refractivity contribution >= 4 is 49.9 Å². The summed E-state index contributed by atoms with van der Waals surface area (Å²) in [4.78, 5) is 4.86. The molecule has 8 aromatic carbocycles. The molecule has 1 aliphatic heterocycles. The summed E-state index contributed by atoms with van der Waals surface area (Å²) in [7, 11) is 0. The van der Waals surface area contributed by atoms with E-state index >= 15 is 0 Å². The van der Waals surface area contributed by atoms with E-state index in [2.05, 4.69) is 236 Å². The van der Waals surface area contributed by atoms with Gasteiger partial charge in [-0.15, -0.1) is 0 Å². The highest BCUT2D eigenvalue weighted by Gasteiger charge is 2.46. The van der Waals surface area contributed by atoms with Crippen LogP contribution in [-0.4, -0.2) is 16.3 Å². The number of ether oxygens (including phenoxy) is 1. The molecule has 2 aromatic heterocycles. The molecule has 63 heavy (non-hydrogen) atoms. The number of para-hydroxylation sites is 3. The second-order valence-corrected chi connectivity index (χ2v) is 18.1. The summed E-state index contributed by atoms with van der Waals surface area (Å²) in [5.41, 5.74) is 16.3. The van der Waals surface area contributed by atoms with Crippen molar-refractivity contribution in [1.29, 1.82) is 0 Å². The molecule has 0 amide bonds. The molecule has 12 rings (SSSR count). The second-order valence-electron chi connectivity index (χ2n) is 18.1. The van der Waals surface area contributed by atoms with Gasteiger partial charge in [0.15, 0.2) is 0 Å². The van der Waals surface area contributed by atoms with Crippen molar-refractivity contribution in [3.8, 4) is 44.9 Å². The van der Waals surface area contributed by atoms with Gasteiger partial charge in [-0.05, 0) is 87.1 Å². The predicted octanol–water partition coefficient (Wildman–Crippen LogP) is 15.3. The Labute approximate surface area is 368 Å². The van der Waals surface area contributed by atoms with Crippen LogP contribution in [0, 0.1) is 0 Å². The largest absolute Gasteiger partial charge is 0.457 e. The molecule has 0 atom stereocenters. The fraction of sp³-hybridized carbons (Fsp3) is 0.121. The molecule has 5 nitrogen and oxygen atoms in total. The normalized spacial score (nSPS) is 14.8. The van der Waals surface area contributed by atoms with Crippen molar-refractivity contribution in [1.82, 2.24) is 9.61 Å². The molecule has 0 bridgehead atoms. The molecule has 10 aromatic rings. The van der Waals surface area contributed by atoms with Gasteiger partial charge in [0.1, 0.15) is 18.2 Å². The molecule has 0 unspecified atom stereocenters. The maximum atomic E-state index is 6.83. The van der Waals surface area contributed by atoms with E-state index in [0.29, 0.717) is 6.67 Å². The monoisotopic (exact) mass is 814 g/mol. The number of anilines is 4. The van der Waals surface area contributed by atoms with Crippen LogP contribution in [0.25, 0.3) is 60.6 Å². The third-order valence-electron chi connectivity index (χ3n) is 14.2. The zero-order valence-electron chi connectivity index (χ0n) is 35.9. The topological polar surface area (TPSA) is 33.0 Å². The van der Waals surface area contributed by atoms with Gasteiger partial charge < -0.3 is 14.5 Å². The van der Waals surface area contributed by atoms with Crippen LogP contribution in [0.2, 0.25) is 0 Å². The van der Waals surface area contributed by atoms with Crippen molar-refractivity contribution in [2.75, 3.05) is 16.5 Å². The summed E-state index contributed by atoms with van der Waals surface area (Å²) in [6.07, 6.45) is 2.10. The van der Waals surface area contributed by atoms with Crippen molar-refractivity contribution < 1.29 is 4.74 Å². The molecule has 5 heteroatoms. The second kappa shape index (κ2) is 13.9. The molecular formula is C58H46N4O. The fourth-order valence-electron chi connectivity index (χ4n) is 10.3. The van der Waals surface area contributed by atoms with E-state index in [1.165, 1.54) is 66.5 Å². The third-order valence-corrected chi connectivity index (χ3v) is 14.2. The quantitative estimate of drug-likeness (QED) is 0.150. The molecule has 0 saturated carbocycles. The maximum Gasteiger partial charge on any atom is 0.129 e. The molecular weight excluding hydrogens is 769 g/mol. The van der Waals surface area contributed by atoms with Crippen molar-refractivity contribution in [2.45, 2.75) is 38.5 Å². The Kier molecular flexibility index (Phi) is 8.23. The Morgan fingerprint density at radius 2 is 1.06 bits per heavy atom. The number of hydrogen-bond acceptors (Lipinski definition) is 4. The summed E-state index contributed by atoms with van der Waals surface area (Å²) in [6.45, 7) is 10.2. The lowest BCUT2D eigenvalue weighted by atomic mass is 9.57. The van der Waals surface area contributed by atoms with Crippen LogP contribution in [-0.2, 0) is 10.8 Å². The minimum atomic E-state index is -0.150. The minimum Gasteiger partial charge on any atom is -0.457 e. The van der Waals surface area contributed by atoms with Crippen LogP contribution < -0.4 is 14.5 Å². The predicted molar refractivity (Wildman–Crippen MR) is 261 cm³/mol. The van der Waals surface area contributed by atoms with Crippen molar-refractivity contribution in [3.05, 3.63) is 205 Å². The number of fused-ring (bicyclic) bond motifs is 4. The molecule has 304 valence electrons. The van der Waals surface area contributed by atoms with E-state index in [9.17, 15) is 0 Å². The van der Waals surface area contributed by atoms with Crippen LogP contribution in [0.15, 0.2) is 194 Å². The van der Waals surface area contributed by atoms with Gasteiger partial charge in [-0.1, -0.05) is 155 Å². The van der Waals surface area contributed by atoms with Gasteiger partial charge in [-0.2, -0.15) is 5.10 Å². The molecule has 2 aliphatic rings. The molecule has 0 fully saturated rings. The number of aromatic nitrogens is 2. The molecule has 0 radical (unpaired) electrons. The van der Waals surface area contributed by atoms with Crippen molar-refractivity contribution in [3.63, 3.8) is 0 Å².